The minimum atomic E-state index is -1.90. The Morgan fingerprint density at radius 1 is 1.08 bits per heavy atom. The topological polar surface area (TPSA) is 78.6 Å². The summed E-state index contributed by atoms with van der Waals surface area (Å²) in [6.07, 6.45) is -2.68. The fraction of sp³-hybridized carbons (Fsp3) is 0.467. The normalized spacial score (nSPS) is 12.7. The standard InChI is InChI=1S/C15H17F4NO4/c1-15(2,3)24-10(22)5-4-9(21)14(20)23-13-11(18)7(16)6-8(17)12(13)19/h6,14H,4-5,20H2,1-3H3. The van der Waals surface area contributed by atoms with Crippen LogP contribution in [0, 0.1) is 23.3 Å². The van der Waals surface area contributed by atoms with Crippen molar-refractivity contribution in [2.75, 3.05) is 0 Å². The molecule has 2 N–H and O–H groups in total. The summed E-state index contributed by atoms with van der Waals surface area (Å²) in [5.41, 5.74) is 4.55. The Hall–Kier alpha value is -2.16. The van der Waals surface area contributed by atoms with Gasteiger partial charge < -0.3 is 9.47 Å². The quantitative estimate of drug-likeness (QED) is 0.369. The van der Waals surface area contributed by atoms with Crippen LogP contribution in [0.2, 0.25) is 0 Å². The van der Waals surface area contributed by atoms with Gasteiger partial charge in [-0.25, -0.2) is 8.78 Å². The predicted octanol–water partition coefficient (Wildman–Crippen LogP) is 2.60. The zero-order valence-electron chi connectivity index (χ0n) is 13.3. The number of hydrogen-bond acceptors (Lipinski definition) is 5. The Kier molecular flexibility index (Phi) is 6.30. The molecule has 1 rings (SSSR count). The van der Waals surface area contributed by atoms with Crippen LogP contribution in [-0.2, 0) is 14.3 Å². The number of halogens is 4. The molecule has 5 nitrogen and oxygen atoms in total. The minimum Gasteiger partial charge on any atom is -0.462 e. The average molecular weight is 351 g/mol. The van der Waals surface area contributed by atoms with Crippen molar-refractivity contribution >= 4 is 11.8 Å². The summed E-state index contributed by atoms with van der Waals surface area (Å²) in [5, 5.41) is 0. The zero-order valence-corrected chi connectivity index (χ0v) is 13.3. The molecule has 0 aliphatic carbocycles. The molecule has 0 saturated heterocycles. The Morgan fingerprint density at radius 3 is 2.04 bits per heavy atom. The third-order valence-corrected chi connectivity index (χ3v) is 2.63. The lowest BCUT2D eigenvalue weighted by atomic mass is 10.1. The highest BCUT2D eigenvalue weighted by molar-refractivity contribution is 5.86. The van der Waals surface area contributed by atoms with E-state index in [9.17, 15) is 27.2 Å². The molecule has 134 valence electrons. The number of carbonyl (C=O) groups excluding carboxylic acids is 2. The first kappa shape index (κ1) is 19.9. The highest BCUT2D eigenvalue weighted by Crippen LogP contribution is 2.27. The van der Waals surface area contributed by atoms with Gasteiger partial charge in [0.25, 0.3) is 0 Å². The molecule has 9 heteroatoms. The maximum atomic E-state index is 13.4. The maximum absolute atomic E-state index is 13.4. The van der Waals surface area contributed by atoms with Gasteiger partial charge in [-0.3, -0.25) is 15.3 Å². The molecule has 0 fully saturated rings. The first-order valence-electron chi connectivity index (χ1n) is 6.92. The van der Waals surface area contributed by atoms with E-state index in [0.717, 1.165) is 0 Å². The van der Waals surface area contributed by atoms with E-state index in [0.29, 0.717) is 0 Å². The fourth-order valence-corrected chi connectivity index (χ4v) is 1.61. The molecule has 0 amide bonds. The van der Waals surface area contributed by atoms with Crippen LogP contribution in [0.15, 0.2) is 6.07 Å². The van der Waals surface area contributed by atoms with Gasteiger partial charge in [-0.05, 0) is 20.8 Å². The van der Waals surface area contributed by atoms with Crippen LogP contribution >= 0.6 is 0 Å². The molecular weight excluding hydrogens is 334 g/mol. The zero-order chi connectivity index (χ0) is 18.7. The lowest BCUT2D eigenvalue weighted by Crippen LogP contribution is -2.37. The third-order valence-electron chi connectivity index (χ3n) is 2.63. The van der Waals surface area contributed by atoms with Crippen LogP contribution < -0.4 is 10.5 Å². The van der Waals surface area contributed by atoms with E-state index in [1.165, 1.54) is 0 Å². The second-order valence-electron chi connectivity index (χ2n) is 5.89. The van der Waals surface area contributed by atoms with Gasteiger partial charge in [0, 0.05) is 12.5 Å². The number of rotatable bonds is 6. The van der Waals surface area contributed by atoms with Crippen LogP contribution in [0.4, 0.5) is 17.6 Å². The molecule has 0 aliphatic rings. The largest absolute Gasteiger partial charge is 0.462 e. The summed E-state index contributed by atoms with van der Waals surface area (Å²) >= 11 is 0. The van der Waals surface area contributed by atoms with Gasteiger partial charge in [-0.2, -0.15) is 8.78 Å². The van der Waals surface area contributed by atoms with Gasteiger partial charge in [0.05, 0.1) is 6.42 Å². The molecule has 0 aromatic heterocycles. The molecule has 0 spiro atoms. The highest BCUT2D eigenvalue weighted by atomic mass is 19.2. The van der Waals surface area contributed by atoms with Crippen molar-refractivity contribution in [3.63, 3.8) is 0 Å². The van der Waals surface area contributed by atoms with Crippen LogP contribution in [-0.4, -0.2) is 23.6 Å². The summed E-state index contributed by atoms with van der Waals surface area (Å²) in [5.74, 6) is -10.0. The average Bonchev–Trinajstić information content (AvgIpc) is 2.45. The molecule has 24 heavy (non-hydrogen) atoms. The number of Topliss-reactive ketones (excluding diaryl/α,β-unsaturated/α-hetero) is 1. The lowest BCUT2D eigenvalue weighted by molar-refractivity contribution is -0.155. The molecule has 0 saturated carbocycles. The van der Waals surface area contributed by atoms with E-state index in [1.807, 2.05) is 0 Å². The molecule has 1 atom stereocenters. The minimum absolute atomic E-state index is 0.00657. The van der Waals surface area contributed by atoms with Crippen LogP contribution in [0.3, 0.4) is 0 Å². The smallest absolute Gasteiger partial charge is 0.306 e. The number of benzene rings is 1. The van der Waals surface area contributed by atoms with Crippen molar-refractivity contribution in [1.82, 2.24) is 0 Å². The first-order chi connectivity index (χ1) is 10.9. The summed E-state index contributed by atoms with van der Waals surface area (Å²) in [7, 11) is 0. The molecule has 0 radical (unpaired) electrons. The summed E-state index contributed by atoms with van der Waals surface area (Å²) in [6.45, 7) is 4.89. The lowest BCUT2D eigenvalue weighted by Gasteiger charge is -2.19. The SMILES string of the molecule is CC(C)(C)OC(=O)CCC(=O)C(N)Oc1c(F)c(F)cc(F)c1F. The van der Waals surface area contributed by atoms with Crippen molar-refractivity contribution < 1.29 is 36.6 Å². The Labute approximate surface area is 135 Å². The molecule has 0 aliphatic heterocycles. The van der Waals surface area contributed by atoms with E-state index in [1.54, 1.807) is 20.8 Å². The van der Waals surface area contributed by atoms with Crippen LogP contribution in [0.25, 0.3) is 0 Å². The predicted molar refractivity (Wildman–Crippen MR) is 75.0 cm³/mol. The van der Waals surface area contributed by atoms with Gasteiger partial charge in [0.15, 0.2) is 23.2 Å². The van der Waals surface area contributed by atoms with Crippen LogP contribution in [0.5, 0.6) is 5.75 Å². The van der Waals surface area contributed by atoms with Gasteiger partial charge in [-0.1, -0.05) is 0 Å². The second kappa shape index (κ2) is 7.61. The fourth-order valence-electron chi connectivity index (χ4n) is 1.61. The van der Waals surface area contributed by atoms with Crippen molar-refractivity contribution in [2.45, 2.75) is 45.4 Å². The van der Waals surface area contributed by atoms with E-state index < -0.39 is 59.0 Å². The summed E-state index contributed by atoms with van der Waals surface area (Å²) in [4.78, 5) is 23.2. The number of ether oxygens (including phenoxy) is 2. The van der Waals surface area contributed by atoms with Gasteiger partial charge in [0.1, 0.15) is 5.60 Å². The van der Waals surface area contributed by atoms with Crippen molar-refractivity contribution in [3.8, 4) is 5.75 Å². The van der Waals surface area contributed by atoms with E-state index in [-0.39, 0.29) is 12.5 Å². The summed E-state index contributed by atoms with van der Waals surface area (Å²) < 4.78 is 62.3. The van der Waals surface area contributed by atoms with Gasteiger partial charge in [0.2, 0.25) is 17.9 Å². The molecule has 1 aromatic rings. The molecule has 1 unspecified atom stereocenters. The number of esters is 1. The number of nitrogens with two attached hydrogens (primary N) is 1. The Morgan fingerprint density at radius 2 is 1.58 bits per heavy atom. The van der Waals surface area contributed by atoms with Crippen molar-refractivity contribution in [3.05, 3.63) is 29.3 Å². The number of ketones is 1. The first-order valence-corrected chi connectivity index (χ1v) is 6.92. The maximum Gasteiger partial charge on any atom is 0.306 e. The molecule has 1 aromatic carbocycles. The Bertz CT molecular complexity index is 617. The van der Waals surface area contributed by atoms with Crippen LogP contribution in [0.1, 0.15) is 33.6 Å². The van der Waals surface area contributed by atoms with E-state index in [4.69, 9.17) is 10.5 Å². The van der Waals surface area contributed by atoms with Crippen molar-refractivity contribution in [2.24, 2.45) is 5.73 Å². The van der Waals surface area contributed by atoms with E-state index in [2.05, 4.69) is 4.74 Å². The number of carbonyl (C=O) groups is 2. The summed E-state index contributed by atoms with van der Waals surface area (Å²) in [6, 6.07) is -0.00657. The van der Waals surface area contributed by atoms with Crippen molar-refractivity contribution in [1.29, 1.82) is 0 Å². The molecular formula is C15H17F4NO4. The van der Waals surface area contributed by atoms with Gasteiger partial charge in [-0.15, -0.1) is 0 Å². The Balaban J connectivity index is 2.71. The van der Waals surface area contributed by atoms with Gasteiger partial charge >= 0.3 is 5.97 Å². The molecule has 0 bridgehead atoms. The van der Waals surface area contributed by atoms with E-state index >= 15 is 0 Å². The molecule has 0 heterocycles. The third kappa shape index (κ3) is 5.48. The second-order valence-corrected chi connectivity index (χ2v) is 5.89. The number of hydrogen-bond donors (Lipinski definition) is 1. The monoisotopic (exact) mass is 351 g/mol. The highest BCUT2D eigenvalue weighted by Gasteiger charge is 2.26.